The molecule has 9 heteroatoms. The zero-order valence-electron chi connectivity index (χ0n) is 15.9. The van der Waals surface area contributed by atoms with Gasteiger partial charge in [-0.05, 0) is 32.1 Å². The fraction of sp³-hybridized carbons (Fsp3) is 0.789. The predicted molar refractivity (Wildman–Crippen MR) is 93.8 cm³/mol. The zero-order valence-corrected chi connectivity index (χ0v) is 15.9. The minimum absolute atomic E-state index is 0.0337. The Morgan fingerprint density at radius 3 is 1.82 bits per heavy atom. The lowest BCUT2D eigenvalue weighted by Gasteiger charge is -2.31. The number of carbonyl (C=O) groups is 4. The first-order valence-electron chi connectivity index (χ1n) is 9.79. The van der Waals surface area contributed by atoms with Crippen LogP contribution in [0.5, 0.6) is 0 Å². The number of aliphatic hydroxyl groups excluding tert-OH is 1. The van der Waals surface area contributed by atoms with Crippen LogP contribution in [0.15, 0.2) is 0 Å². The molecule has 6 unspecified atom stereocenters. The van der Waals surface area contributed by atoms with Crippen molar-refractivity contribution in [1.82, 2.24) is 0 Å². The van der Waals surface area contributed by atoms with Gasteiger partial charge < -0.3 is 24.8 Å². The van der Waals surface area contributed by atoms with Crippen LogP contribution in [-0.2, 0) is 28.7 Å². The predicted octanol–water partition coefficient (Wildman–Crippen LogP) is 1.56. The van der Waals surface area contributed by atoms with E-state index in [1.54, 1.807) is 6.92 Å². The molecule has 0 aromatic heterocycles. The molecule has 2 saturated carbocycles. The van der Waals surface area contributed by atoms with Crippen LogP contribution in [-0.4, -0.2) is 51.6 Å². The minimum Gasteiger partial charge on any atom is -0.481 e. The molecular weight excluding hydrogens is 372 g/mol. The highest BCUT2D eigenvalue weighted by atomic mass is 16.7. The lowest BCUT2D eigenvalue weighted by Crippen LogP contribution is -2.41. The van der Waals surface area contributed by atoms with Gasteiger partial charge in [0.15, 0.2) is 0 Å². The topological polar surface area (TPSA) is 147 Å². The van der Waals surface area contributed by atoms with E-state index in [9.17, 15) is 34.5 Å². The summed E-state index contributed by atoms with van der Waals surface area (Å²) in [5.74, 6) is -7.29. The molecule has 2 aliphatic rings. The summed E-state index contributed by atoms with van der Waals surface area (Å²) in [6.07, 6.45) is 0.887. The van der Waals surface area contributed by atoms with Crippen LogP contribution >= 0.6 is 0 Å². The van der Waals surface area contributed by atoms with Crippen molar-refractivity contribution in [1.29, 1.82) is 0 Å². The maximum absolute atomic E-state index is 12.5. The molecule has 0 radical (unpaired) electrons. The molecule has 0 aliphatic heterocycles. The number of carboxylic acids is 2. The number of carbonyl (C=O) groups excluding carboxylic acids is 2. The number of ether oxygens (including phenoxy) is 2. The van der Waals surface area contributed by atoms with E-state index in [0.29, 0.717) is 19.3 Å². The van der Waals surface area contributed by atoms with Gasteiger partial charge in [-0.15, -0.1) is 0 Å². The van der Waals surface area contributed by atoms with E-state index < -0.39 is 59.9 Å². The Kier molecular flexibility index (Phi) is 7.79. The Labute approximate surface area is 163 Å². The standard InChI is InChI=1S/C19H28O9/c1-2-15(27-18(25)12-6-4-3-5-11(12)16(21)22)28-19(26)13-8-7-10(20)9-14(13)17(23)24/h10-15,20H,2-9H2,1H3,(H,21,22)(H,23,24). The van der Waals surface area contributed by atoms with E-state index in [1.165, 1.54) is 0 Å². The molecule has 2 fully saturated rings. The van der Waals surface area contributed by atoms with Crippen LogP contribution in [0.4, 0.5) is 0 Å². The quantitative estimate of drug-likeness (QED) is 0.428. The van der Waals surface area contributed by atoms with E-state index in [4.69, 9.17) is 9.47 Å². The number of aliphatic hydroxyl groups is 1. The molecule has 28 heavy (non-hydrogen) atoms. The molecule has 0 bridgehead atoms. The molecule has 2 rings (SSSR count). The van der Waals surface area contributed by atoms with Crippen LogP contribution in [0.3, 0.4) is 0 Å². The molecule has 0 aromatic carbocycles. The SMILES string of the molecule is CCC(OC(=O)C1CCCCC1C(=O)O)OC(=O)C1CCC(O)CC1C(=O)O. The van der Waals surface area contributed by atoms with Gasteiger partial charge in [0, 0.05) is 6.42 Å². The third kappa shape index (κ3) is 5.43. The van der Waals surface area contributed by atoms with Gasteiger partial charge >= 0.3 is 23.9 Å². The van der Waals surface area contributed by atoms with Gasteiger partial charge in [0.25, 0.3) is 0 Å². The fourth-order valence-corrected chi connectivity index (χ4v) is 4.04. The summed E-state index contributed by atoms with van der Waals surface area (Å²) in [5.41, 5.74) is 0. The van der Waals surface area contributed by atoms with Gasteiger partial charge in [-0.1, -0.05) is 19.8 Å². The molecule has 3 N–H and O–H groups in total. The number of carboxylic acid groups (broad SMARTS) is 2. The Bertz CT molecular complexity index is 602. The Hall–Kier alpha value is -2.16. The van der Waals surface area contributed by atoms with Crippen molar-refractivity contribution in [2.24, 2.45) is 23.7 Å². The second-order valence-electron chi connectivity index (χ2n) is 7.57. The van der Waals surface area contributed by atoms with Gasteiger partial charge in [0.05, 0.1) is 29.8 Å². The highest BCUT2D eigenvalue weighted by molar-refractivity contribution is 5.82. The summed E-state index contributed by atoms with van der Waals surface area (Å²) >= 11 is 0. The first-order chi connectivity index (χ1) is 13.2. The monoisotopic (exact) mass is 400 g/mol. The van der Waals surface area contributed by atoms with Crippen LogP contribution in [0.1, 0.15) is 58.3 Å². The van der Waals surface area contributed by atoms with E-state index in [0.717, 1.165) is 12.8 Å². The van der Waals surface area contributed by atoms with Gasteiger partial charge in [0.1, 0.15) is 0 Å². The molecule has 0 heterocycles. The van der Waals surface area contributed by atoms with Crippen LogP contribution in [0, 0.1) is 23.7 Å². The van der Waals surface area contributed by atoms with Crippen molar-refractivity contribution >= 4 is 23.9 Å². The minimum atomic E-state index is -1.20. The average Bonchev–Trinajstić information content (AvgIpc) is 2.66. The zero-order chi connectivity index (χ0) is 20.8. The summed E-state index contributed by atoms with van der Waals surface area (Å²) in [6.45, 7) is 1.64. The average molecular weight is 400 g/mol. The maximum Gasteiger partial charge on any atom is 0.312 e. The normalized spacial score (nSPS) is 31.4. The molecule has 0 amide bonds. The van der Waals surface area contributed by atoms with Gasteiger partial charge in [-0.2, -0.15) is 0 Å². The second-order valence-corrected chi connectivity index (χ2v) is 7.57. The van der Waals surface area contributed by atoms with Crippen molar-refractivity contribution < 1.29 is 44.0 Å². The first kappa shape index (κ1) is 22.1. The summed E-state index contributed by atoms with van der Waals surface area (Å²) in [5, 5.41) is 28.3. The number of esters is 2. The fourth-order valence-electron chi connectivity index (χ4n) is 4.04. The molecule has 0 saturated heterocycles. The number of hydrogen-bond donors (Lipinski definition) is 3. The van der Waals surface area contributed by atoms with Crippen molar-refractivity contribution in [2.75, 3.05) is 0 Å². The maximum atomic E-state index is 12.5. The summed E-state index contributed by atoms with van der Waals surface area (Å²) < 4.78 is 10.5. The Morgan fingerprint density at radius 2 is 1.32 bits per heavy atom. The van der Waals surface area contributed by atoms with E-state index in [2.05, 4.69) is 0 Å². The van der Waals surface area contributed by atoms with Crippen molar-refractivity contribution in [3.63, 3.8) is 0 Å². The van der Waals surface area contributed by atoms with Gasteiger partial charge in [-0.25, -0.2) is 0 Å². The van der Waals surface area contributed by atoms with Crippen molar-refractivity contribution in [3.8, 4) is 0 Å². The largest absolute Gasteiger partial charge is 0.481 e. The Balaban J connectivity index is 1.99. The van der Waals surface area contributed by atoms with Gasteiger partial charge in [-0.3, -0.25) is 19.2 Å². The summed E-state index contributed by atoms with van der Waals surface area (Å²) in [4.78, 5) is 47.7. The molecular formula is C19H28O9. The highest BCUT2D eigenvalue weighted by Gasteiger charge is 2.42. The lowest BCUT2D eigenvalue weighted by atomic mass is 9.78. The van der Waals surface area contributed by atoms with E-state index >= 15 is 0 Å². The first-order valence-corrected chi connectivity index (χ1v) is 9.79. The van der Waals surface area contributed by atoms with Crippen LogP contribution < -0.4 is 0 Å². The second kappa shape index (κ2) is 9.86. The number of hydrogen-bond acceptors (Lipinski definition) is 7. The molecule has 9 nitrogen and oxygen atoms in total. The van der Waals surface area contributed by atoms with Gasteiger partial charge in [0.2, 0.25) is 6.29 Å². The van der Waals surface area contributed by atoms with Crippen LogP contribution in [0.25, 0.3) is 0 Å². The molecule has 158 valence electrons. The van der Waals surface area contributed by atoms with E-state index in [1.807, 2.05) is 0 Å². The third-order valence-corrected chi connectivity index (χ3v) is 5.66. The number of aliphatic carboxylic acids is 2. The van der Waals surface area contributed by atoms with E-state index in [-0.39, 0.29) is 19.3 Å². The van der Waals surface area contributed by atoms with Crippen LogP contribution in [0.2, 0.25) is 0 Å². The Morgan fingerprint density at radius 1 is 0.821 bits per heavy atom. The van der Waals surface area contributed by atoms with Crippen molar-refractivity contribution in [2.45, 2.75) is 70.7 Å². The third-order valence-electron chi connectivity index (χ3n) is 5.66. The number of rotatable bonds is 7. The lowest BCUT2D eigenvalue weighted by molar-refractivity contribution is -0.200. The summed E-state index contributed by atoms with van der Waals surface area (Å²) in [7, 11) is 0. The highest BCUT2D eigenvalue weighted by Crippen LogP contribution is 2.33. The van der Waals surface area contributed by atoms with Crippen molar-refractivity contribution in [3.05, 3.63) is 0 Å². The molecule has 6 atom stereocenters. The summed E-state index contributed by atoms with van der Waals surface area (Å²) in [6, 6.07) is 0. The smallest absolute Gasteiger partial charge is 0.312 e. The molecule has 0 spiro atoms. The molecule has 0 aromatic rings. The molecule has 2 aliphatic carbocycles.